The molecule has 150 valence electrons. The molecule has 1 N–H and O–H groups in total. The van der Waals surface area contributed by atoms with Crippen LogP contribution >= 0.6 is 11.8 Å². The van der Waals surface area contributed by atoms with Gasteiger partial charge in [-0.15, -0.1) is 16.8 Å². The summed E-state index contributed by atoms with van der Waals surface area (Å²) >= 11 is 1.25. The highest BCUT2D eigenvalue weighted by Crippen LogP contribution is 2.19. The molecule has 0 aliphatic heterocycles. The van der Waals surface area contributed by atoms with Crippen LogP contribution in [0.4, 0.5) is 0 Å². The monoisotopic (exact) mass is 403 g/mol. The molecule has 0 saturated heterocycles. The molecule has 0 aliphatic carbocycles. The van der Waals surface area contributed by atoms with E-state index in [9.17, 15) is 9.59 Å². The van der Waals surface area contributed by atoms with Gasteiger partial charge in [0, 0.05) is 20.6 Å². The molecule has 1 aromatic heterocycles. The third-order valence-electron chi connectivity index (χ3n) is 3.73. The van der Waals surface area contributed by atoms with Crippen LogP contribution in [-0.2, 0) is 22.7 Å². The van der Waals surface area contributed by atoms with Crippen LogP contribution in [0.1, 0.15) is 11.4 Å². The van der Waals surface area contributed by atoms with E-state index in [4.69, 9.17) is 4.74 Å². The molecule has 9 heteroatoms. The molecule has 0 unspecified atom stereocenters. The molecular weight excluding hydrogens is 378 g/mol. The highest BCUT2D eigenvalue weighted by molar-refractivity contribution is 7.99. The lowest BCUT2D eigenvalue weighted by atomic mass is 10.2. The summed E-state index contributed by atoms with van der Waals surface area (Å²) in [7, 11) is 3.28. The van der Waals surface area contributed by atoms with Crippen LogP contribution in [0.5, 0.6) is 5.75 Å². The Morgan fingerprint density at radius 3 is 2.82 bits per heavy atom. The quantitative estimate of drug-likeness (QED) is 0.479. The first-order chi connectivity index (χ1) is 13.4. The predicted molar refractivity (Wildman–Crippen MR) is 108 cm³/mol. The van der Waals surface area contributed by atoms with E-state index in [1.54, 1.807) is 20.2 Å². The molecule has 2 amide bonds. The number of aromatic nitrogens is 3. The van der Waals surface area contributed by atoms with Crippen LogP contribution in [0.3, 0.4) is 0 Å². The Balaban J connectivity index is 1.94. The number of aryl methyl sites for hydroxylation is 1. The van der Waals surface area contributed by atoms with Crippen molar-refractivity contribution in [3.05, 3.63) is 48.3 Å². The van der Waals surface area contributed by atoms with Gasteiger partial charge in [-0.25, -0.2) is 0 Å². The molecule has 2 aromatic rings. The number of nitrogens with zero attached hydrogens (tertiary/aromatic N) is 4. The van der Waals surface area contributed by atoms with Crippen LogP contribution in [0, 0.1) is 6.92 Å². The van der Waals surface area contributed by atoms with Crippen molar-refractivity contribution >= 4 is 23.6 Å². The second-order valence-corrected chi connectivity index (χ2v) is 7.20. The number of benzene rings is 1. The van der Waals surface area contributed by atoms with Crippen molar-refractivity contribution in [2.45, 2.75) is 25.2 Å². The fourth-order valence-electron chi connectivity index (χ4n) is 2.21. The van der Waals surface area contributed by atoms with Crippen molar-refractivity contribution in [1.82, 2.24) is 25.0 Å². The van der Waals surface area contributed by atoms with E-state index in [2.05, 4.69) is 22.1 Å². The lowest BCUT2D eigenvalue weighted by Gasteiger charge is -2.11. The van der Waals surface area contributed by atoms with Gasteiger partial charge in [0.15, 0.2) is 11.0 Å². The summed E-state index contributed by atoms with van der Waals surface area (Å²) < 4.78 is 7.65. The summed E-state index contributed by atoms with van der Waals surface area (Å²) in [6, 6.07) is 7.76. The van der Waals surface area contributed by atoms with Gasteiger partial charge >= 0.3 is 0 Å². The Bertz CT molecular complexity index is 835. The van der Waals surface area contributed by atoms with Gasteiger partial charge in [-0.3, -0.25) is 14.2 Å². The second-order valence-electron chi connectivity index (χ2n) is 6.26. The van der Waals surface area contributed by atoms with Crippen LogP contribution in [0.25, 0.3) is 0 Å². The number of allylic oxidation sites excluding steroid dienone is 1. The Morgan fingerprint density at radius 1 is 1.36 bits per heavy atom. The van der Waals surface area contributed by atoms with Gasteiger partial charge in [0.1, 0.15) is 12.4 Å². The lowest BCUT2D eigenvalue weighted by molar-refractivity contribution is -0.130. The maximum atomic E-state index is 12.0. The number of nitrogens with one attached hydrogen (secondary N) is 1. The molecule has 0 fully saturated rings. The highest BCUT2D eigenvalue weighted by Gasteiger charge is 2.15. The zero-order chi connectivity index (χ0) is 20.5. The number of likely N-dealkylation sites (N-methyl/N-ethyl adjacent to an activating group) is 1. The third kappa shape index (κ3) is 6.41. The number of amides is 2. The smallest absolute Gasteiger partial charge is 0.241 e. The molecule has 8 nitrogen and oxygen atoms in total. The fraction of sp³-hybridized carbons (Fsp3) is 0.368. The number of carbonyl (C=O) groups is 2. The predicted octanol–water partition coefficient (Wildman–Crippen LogP) is 1.65. The van der Waals surface area contributed by atoms with Gasteiger partial charge in [-0.05, 0) is 24.6 Å². The molecule has 0 radical (unpaired) electrons. The number of ether oxygens (including phenoxy) is 1. The Labute approximate surface area is 169 Å². The molecule has 0 aliphatic rings. The summed E-state index contributed by atoms with van der Waals surface area (Å²) in [6.07, 6.45) is 1.74. The topological polar surface area (TPSA) is 89.3 Å². The van der Waals surface area contributed by atoms with E-state index >= 15 is 0 Å². The van der Waals surface area contributed by atoms with E-state index in [1.807, 2.05) is 35.8 Å². The van der Waals surface area contributed by atoms with E-state index < -0.39 is 0 Å². The number of rotatable bonds is 10. The Kier molecular flexibility index (Phi) is 8.06. The van der Waals surface area contributed by atoms with Crippen LogP contribution in [0.15, 0.2) is 42.1 Å². The molecule has 28 heavy (non-hydrogen) atoms. The van der Waals surface area contributed by atoms with E-state index in [0.29, 0.717) is 17.5 Å². The van der Waals surface area contributed by atoms with Crippen molar-refractivity contribution in [3.63, 3.8) is 0 Å². The SMILES string of the molecule is C=CCn1c(COc2cccc(C)c2)nnc1SCC(=O)NCC(=O)N(C)C. The van der Waals surface area contributed by atoms with Crippen molar-refractivity contribution in [2.75, 3.05) is 26.4 Å². The van der Waals surface area contributed by atoms with Gasteiger partial charge < -0.3 is 15.0 Å². The van der Waals surface area contributed by atoms with E-state index in [0.717, 1.165) is 11.3 Å². The summed E-state index contributed by atoms with van der Waals surface area (Å²) in [6.45, 7) is 6.49. The minimum atomic E-state index is -0.245. The third-order valence-corrected chi connectivity index (χ3v) is 4.70. The molecule has 0 bridgehead atoms. The molecule has 0 atom stereocenters. The zero-order valence-corrected chi connectivity index (χ0v) is 17.2. The summed E-state index contributed by atoms with van der Waals surface area (Å²) in [5.41, 5.74) is 1.11. The summed E-state index contributed by atoms with van der Waals surface area (Å²) in [5.74, 6) is 1.13. The largest absolute Gasteiger partial charge is 0.486 e. The first-order valence-corrected chi connectivity index (χ1v) is 9.71. The standard InChI is InChI=1S/C19H25N5O3S/c1-5-9-24-16(12-27-15-8-6-7-14(2)10-15)21-22-19(24)28-13-17(25)20-11-18(26)23(3)4/h5-8,10H,1,9,11-13H2,2-4H3,(H,20,25). The van der Waals surface area contributed by atoms with Crippen molar-refractivity contribution in [2.24, 2.45) is 0 Å². The zero-order valence-electron chi connectivity index (χ0n) is 16.3. The van der Waals surface area contributed by atoms with Crippen LogP contribution in [0.2, 0.25) is 0 Å². The number of thioether (sulfide) groups is 1. The first kappa shape index (κ1) is 21.5. The molecule has 2 rings (SSSR count). The fourth-order valence-corrected chi connectivity index (χ4v) is 3.01. The minimum absolute atomic E-state index is 0.0265. The van der Waals surface area contributed by atoms with Crippen LogP contribution < -0.4 is 10.1 Å². The van der Waals surface area contributed by atoms with Crippen molar-refractivity contribution < 1.29 is 14.3 Å². The number of hydrogen-bond donors (Lipinski definition) is 1. The summed E-state index contributed by atoms with van der Waals surface area (Å²) in [4.78, 5) is 24.9. The lowest BCUT2D eigenvalue weighted by Crippen LogP contribution is -2.37. The molecule has 1 aromatic carbocycles. The first-order valence-electron chi connectivity index (χ1n) is 8.72. The van der Waals surface area contributed by atoms with Crippen LogP contribution in [-0.4, -0.2) is 57.9 Å². The normalized spacial score (nSPS) is 10.4. The number of hydrogen-bond acceptors (Lipinski definition) is 6. The molecule has 0 saturated carbocycles. The maximum absolute atomic E-state index is 12.0. The van der Waals surface area contributed by atoms with Gasteiger partial charge in [0.2, 0.25) is 11.8 Å². The highest BCUT2D eigenvalue weighted by atomic mass is 32.2. The van der Waals surface area contributed by atoms with E-state index in [1.165, 1.54) is 16.7 Å². The molecular formula is C19H25N5O3S. The minimum Gasteiger partial charge on any atom is -0.486 e. The van der Waals surface area contributed by atoms with Crippen molar-refractivity contribution in [3.8, 4) is 5.75 Å². The van der Waals surface area contributed by atoms with Gasteiger partial charge in [0.05, 0.1) is 12.3 Å². The summed E-state index contributed by atoms with van der Waals surface area (Å²) in [5, 5.41) is 11.5. The average Bonchev–Trinajstić information content (AvgIpc) is 3.04. The second kappa shape index (κ2) is 10.5. The molecule has 1 heterocycles. The number of carbonyl (C=O) groups excluding carboxylic acids is 2. The maximum Gasteiger partial charge on any atom is 0.241 e. The van der Waals surface area contributed by atoms with Gasteiger partial charge in [-0.2, -0.15) is 0 Å². The van der Waals surface area contributed by atoms with Crippen molar-refractivity contribution in [1.29, 1.82) is 0 Å². The van der Waals surface area contributed by atoms with Gasteiger partial charge in [-0.1, -0.05) is 30.0 Å². The Morgan fingerprint density at radius 2 is 2.14 bits per heavy atom. The van der Waals surface area contributed by atoms with Gasteiger partial charge in [0.25, 0.3) is 0 Å². The average molecular weight is 404 g/mol. The van der Waals surface area contributed by atoms with E-state index in [-0.39, 0.29) is 30.7 Å². The molecule has 0 spiro atoms. The Hall–Kier alpha value is -2.81.